The summed E-state index contributed by atoms with van der Waals surface area (Å²) in [7, 11) is 0.195. The van der Waals surface area contributed by atoms with Crippen molar-refractivity contribution < 1.29 is 4.52 Å². The lowest BCUT2D eigenvalue weighted by atomic mass is 10.3. The number of benzene rings is 1. The van der Waals surface area contributed by atoms with Gasteiger partial charge in [0, 0.05) is 0 Å². The van der Waals surface area contributed by atoms with Crippen molar-refractivity contribution in [3.8, 4) is 5.75 Å². The Morgan fingerprint density at radius 1 is 1.22 bits per heavy atom. The van der Waals surface area contributed by atoms with E-state index in [1.165, 1.54) is 0 Å². The van der Waals surface area contributed by atoms with Crippen LogP contribution in [0.25, 0.3) is 0 Å². The van der Waals surface area contributed by atoms with Crippen LogP contribution in [0.2, 0.25) is 0 Å². The van der Waals surface area contributed by atoms with E-state index < -0.39 is 0 Å². The maximum Gasteiger partial charge on any atom is 0.238 e. The van der Waals surface area contributed by atoms with E-state index in [0.717, 1.165) is 5.75 Å². The van der Waals surface area contributed by atoms with E-state index in [1.54, 1.807) is 0 Å². The van der Waals surface area contributed by atoms with E-state index >= 15 is 0 Å². The van der Waals surface area contributed by atoms with Crippen molar-refractivity contribution in [2.75, 3.05) is 0 Å². The molecule has 0 saturated carbocycles. The van der Waals surface area contributed by atoms with Gasteiger partial charge in [-0.3, -0.25) is 0 Å². The summed E-state index contributed by atoms with van der Waals surface area (Å²) >= 11 is 0. The highest BCUT2D eigenvalue weighted by Gasteiger charge is 1.83. The van der Waals surface area contributed by atoms with E-state index in [-0.39, 0.29) is 8.60 Å². The van der Waals surface area contributed by atoms with Crippen molar-refractivity contribution in [3.63, 3.8) is 0 Å². The Labute approximate surface area is 55.2 Å². The van der Waals surface area contributed by atoms with Crippen LogP contribution in [0.4, 0.5) is 0 Å². The molecule has 0 aliphatic carbocycles. The van der Waals surface area contributed by atoms with E-state index in [1.807, 2.05) is 30.3 Å². The average Bonchev–Trinajstić information content (AvgIpc) is 1.91. The zero-order chi connectivity index (χ0) is 6.53. The van der Waals surface area contributed by atoms with Crippen molar-refractivity contribution in [2.45, 2.75) is 0 Å². The van der Waals surface area contributed by atoms with Crippen LogP contribution >= 0.6 is 8.60 Å². The van der Waals surface area contributed by atoms with Gasteiger partial charge in [-0.1, -0.05) is 18.2 Å². The minimum atomic E-state index is 0.195. The van der Waals surface area contributed by atoms with Gasteiger partial charge in [0.25, 0.3) is 0 Å². The second-order valence-electron chi connectivity index (χ2n) is 1.50. The molecule has 0 saturated heterocycles. The molecule has 3 heteroatoms. The van der Waals surface area contributed by atoms with Gasteiger partial charge in [-0.25, -0.2) is 5.16 Å². The van der Waals surface area contributed by atoms with Crippen molar-refractivity contribution in [2.24, 2.45) is 0 Å². The molecule has 1 aromatic carbocycles. The smallest absolute Gasteiger partial charge is 0.238 e. The second-order valence-corrected chi connectivity index (χ2v) is 1.86. The van der Waals surface area contributed by atoms with Gasteiger partial charge in [-0.15, -0.1) is 0 Å². The Balaban J connectivity index is 2.72. The number of para-hydroxylation sites is 1. The zero-order valence-corrected chi connectivity index (χ0v) is 5.64. The molecule has 0 bridgehead atoms. The van der Waals surface area contributed by atoms with Crippen LogP contribution in [0, 0.1) is 5.16 Å². The lowest BCUT2D eigenvalue weighted by Crippen LogP contribution is -1.70. The number of hydrogen-bond acceptors (Lipinski definition) is 2. The fourth-order valence-electron chi connectivity index (χ4n) is 0.534. The molecule has 0 atom stereocenters. The normalized spacial score (nSPS) is 9.33. The van der Waals surface area contributed by atoms with Crippen LogP contribution in [0.15, 0.2) is 30.3 Å². The van der Waals surface area contributed by atoms with E-state index in [2.05, 4.69) is 0 Å². The van der Waals surface area contributed by atoms with Gasteiger partial charge in [0.05, 0.1) is 0 Å². The molecule has 1 rings (SSSR count). The molecule has 0 aromatic heterocycles. The molecule has 0 unspecified atom stereocenters. The van der Waals surface area contributed by atoms with Gasteiger partial charge in [-0.2, -0.15) is 0 Å². The molecule has 0 spiro atoms. The van der Waals surface area contributed by atoms with Crippen LogP contribution < -0.4 is 4.52 Å². The van der Waals surface area contributed by atoms with Gasteiger partial charge in [0.15, 0.2) is 0 Å². The third-order valence-electron chi connectivity index (χ3n) is 0.894. The van der Waals surface area contributed by atoms with Crippen molar-refractivity contribution >= 4 is 8.60 Å². The lowest BCUT2D eigenvalue weighted by Gasteiger charge is -1.92. The molecule has 0 radical (unpaired) electrons. The summed E-state index contributed by atoms with van der Waals surface area (Å²) < 4.78 is 4.84. The first-order valence-corrected chi connectivity index (χ1v) is 3.33. The maximum absolute atomic E-state index is 6.69. The molecule has 0 amide bonds. The third-order valence-corrected chi connectivity index (χ3v) is 1.20. The quantitative estimate of drug-likeness (QED) is 0.627. The predicted octanol–water partition coefficient (Wildman–Crippen LogP) is 2.69. The van der Waals surface area contributed by atoms with E-state index in [0.29, 0.717) is 0 Å². The summed E-state index contributed by atoms with van der Waals surface area (Å²) in [5, 5.41) is 6.69. The summed E-state index contributed by atoms with van der Waals surface area (Å²) in [6.07, 6.45) is 0. The van der Waals surface area contributed by atoms with Gasteiger partial charge in [0.2, 0.25) is 8.60 Å². The van der Waals surface area contributed by atoms with E-state index in [4.69, 9.17) is 9.69 Å². The Kier molecular flexibility index (Phi) is 2.22. The van der Waals surface area contributed by atoms with Crippen LogP contribution in [0.5, 0.6) is 5.75 Å². The highest BCUT2D eigenvalue weighted by Crippen LogP contribution is 2.12. The molecular weight excluding hydrogens is 133 g/mol. The predicted molar refractivity (Wildman–Crippen MR) is 36.7 cm³/mol. The van der Waals surface area contributed by atoms with Crippen LogP contribution in [-0.2, 0) is 0 Å². The molecule has 0 aliphatic heterocycles. The summed E-state index contributed by atoms with van der Waals surface area (Å²) in [6.45, 7) is 0. The number of rotatable bonds is 2. The third kappa shape index (κ3) is 1.82. The largest absolute Gasteiger partial charge is 0.423 e. The molecule has 1 aromatic rings. The molecular formula is C6H6NOP. The first kappa shape index (κ1) is 6.24. The first-order chi connectivity index (χ1) is 4.43. The number of nitrogens with one attached hydrogen (secondary N) is 1. The standard InChI is InChI=1S/C6H6NOP/c7-9-8-6-4-2-1-3-5-6/h1-5,7H. The molecule has 1 N–H and O–H groups in total. The lowest BCUT2D eigenvalue weighted by molar-refractivity contribution is 0.636. The Bertz CT molecular complexity index is 188. The van der Waals surface area contributed by atoms with Crippen LogP contribution in [0.1, 0.15) is 0 Å². The van der Waals surface area contributed by atoms with Crippen LogP contribution in [0.3, 0.4) is 0 Å². The Morgan fingerprint density at radius 3 is 2.44 bits per heavy atom. The Hall–Kier alpha value is -0.880. The molecule has 0 aliphatic rings. The Morgan fingerprint density at radius 2 is 1.89 bits per heavy atom. The van der Waals surface area contributed by atoms with Gasteiger partial charge in [-0.05, 0) is 12.1 Å². The second kappa shape index (κ2) is 3.21. The fraction of sp³-hybridized carbons (Fsp3) is 0. The molecule has 46 valence electrons. The zero-order valence-electron chi connectivity index (χ0n) is 4.74. The highest BCUT2D eigenvalue weighted by molar-refractivity contribution is 7.19. The molecule has 2 nitrogen and oxygen atoms in total. The SMILES string of the molecule is N=POc1ccccc1. The summed E-state index contributed by atoms with van der Waals surface area (Å²) in [5.74, 6) is 0.745. The molecule has 9 heavy (non-hydrogen) atoms. The summed E-state index contributed by atoms with van der Waals surface area (Å²) in [5.41, 5.74) is 0. The number of hydrogen-bond donors (Lipinski definition) is 1. The average molecular weight is 139 g/mol. The topological polar surface area (TPSA) is 33.1 Å². The first-order valence-electron chi connectivity index (χ1n) is 2.52. The van der Waals surface area contributed by atoms with Crippen molar-refractivity contribution in [1.82, 2.24) is 0 Å². The van der Waals surface area contributed by atoms with Crippen molar-refractivity contribution in [3.05, 3.63) is 30.3 Å². The monoisotopic (exact) mass is 139 g/mol. The fourth-order valence-corrected chi connectivity index (χ4v) is 0.761. The minimum Gasteiger partial charge on any atom is -0.423 e. The summed E-state index contributed by atoms with van der Waals surface area (Å²) in [4.78, 5) is 0. The molecule has 0 heterocycles. The highest BCUT2D eigenvalue weighted by atomic mass is 31.1. The maximum atomic E-state index is 6.69. The molecule has 0 fully saturated rings. The van der Waals surface area contributed by atoms with Gasteiger partial charge >= 0.3 is 0 Å². The van der Waals surface area contributed by atoms with Crippen LogP contribution in [-0.4, -0.2) is 0 Å². The summed E-state index contributed by atoms with van der Waals surface area (Å²) in [6, 6.07) is 9.30. The van der Waals surface area contributed by atoms with Crippen molar-refractivity contribution in [1.29, 1.82) is 5.16 Å². The van der Waals surface area contributed by atoms with Gasteiger partial charge in [0.1, 0.15) is 5.75 Å². The minimum absolute atomic E-state index is 0.195. The van der Waals surface area contributed by atoms with E-state index in [9.17, 15) is 0 Å². The van der Waals surface area contributed by atoms with Gasteiger partial charge < -0.3 is 4.52 Å².